The number of aliphatic hydroxyl groups is 1. The molecule has 0 aliphatic carbocycles. The predicted octanol–water partition coefficient (Wildman–Crippen LogP) is -0.0227. The Morgan fingerprint density at radius 3 is 1.61 bits per heavy atom. The highest BCUT2D eigenvalue weighted by Crippen LogP contribution is 2.21. The first-order valence-corrected chi connectivity index (χ1v) is 9.58. The first-order chi connectivity index (χ1) is 13.2. The Kier molecular flexibility index (Phi) is 7.95. The molecule has 148 valence electrons. The van der Waals surface area contributed by atoms with Gasteiger partial charge in [-0.3, -0.25) is 0 Å². The smallest absolute Gasteiger partial charge is 0.119 e. The van der Waals surface area contributed by atoms with E-state index >= 15 is 0 Å². The molecule has 3 rings (SSSR count). The quantitative estimate of drug-likeness (QED) is 0.638. The maximum Gasteiger partial charge on any atom is 0.119 e. The minimum atomic E-state index is -4.94. The molecule has 0 unspecified atom stereocenters. The van der Waals surface area contributed by atoms with Gasteiger partial charge in [-0.05, 0) is 41.3 Å². The Morgan fingerprint density at radius 1 is 0.714 bits per heavy atom. The summed E-state index contributed by atoms with van der Waals surface area (Å²) >= 11 is 0. The number of hydrogen-bond acceptors (Lipinski definition) is 6. The third-order valence-electron chi connectivity index (χ3n) is 3.85. The van der Waals surface area contributed by atoms with Gasteiger partial charge in [0.25, 0.3) is 0 Å². The fraction of sp³-hybridized carbons (Fsp3) is 0.143. The van der Waals surface area contributed by atoms with E-state index in [1.54, 1.807) is 0 Å². The molecule has 0 bridgehead atoms. The Labute approximate surface area is 165 Å². The van der Waals surface area contributed by atoms with E-state index in [0.717, 1.165) is 16.9 Å². The number of halogens is 1. The average Bonchev–Trinajstić information content (AvgIpc) is 2.66. The molecule has 0 amide bonds. The van der Waals surface area contributed by atoms with E-state index in [0.29, 0.717) is 6.61 Å². The molecule has 0 saturated heterocycles. The third kappa shape index (κ3) is 8.06. The van der Waals surface area contributed by atoms with Crippen LogP contribution in [0.3, 0.4) is 0 Å². The fourth-order valence-corrected chi connectivity index (χ4v) is 2.40. The Hall–Kier alpha value is -2.45. The van der Waals surface area contributed by atoms with Gasteiger partial charge in [-0.2, -0.15) is 0 Å². The molecule has 6 nitrogen and oxygen atoms in total. The van der Waals surface area contributed by atoms with E-state index in [2.05, 4.69) is 55.5 Å². The van der Waals surface area contributed by atoms with Crippen LogP contribution in [0.1, 0.15) is 16.7 Å². The van der Waals surface area contributed by atoms with Crippen molar-refractivity contribution in [3.63, 3.8) is 0 Å². The summed E-state index contributed by atoms with van der Waals surface area (Å²) in [4.78, 5) is 0. The summed E-state index contributed by atoms with van der Waals surface area (Å²) in [7, 11) is -4.94. The monoisotopic (exact) mass is 403 g/mol. The summed E-state index contributed by atoms with van der Waals surface area (Å²) in [6.07, 6.45) is 0. The van der Waals surface area contributed by atoms with Crippen molar-refractivity contribution in [1.29, 1.82) is 0 Å². The van der Waals surface area contributed by atoms with E-state index in [1.165, 1.54) is 16.7 Å². The second-order valence-electron chi connectivity index (χ2n) is 6.03. The Morgan fingerprint density at radius 2 is 1.14 bits per heavy atom. The zero-order chi connectivity index (χ0) is 20.6. The lowest BCUT2D eigenvalue weighted by molar-refractivity contribution is -2.00. The lowest BCUT2D eigenvalue weighted by Crippen LogP contribution is -2.68. The molecule has 0 heterocycles. The van der Waals surface area contributed by atoms with Crippen LogP contribution in [0.2, 0.25) is 0 Å². The molecule has 3 aromatic carbocycles. The van der Waals surface area contributed by atoms with Crippen molar-refractivity contribution in [2.75, 3.05) is 0 Å². The van der Waals surface area contributed by atoms with Crippen LogP contribution in [-0.4, -0.2) is 5.11 Å². The highest BCUT2D eigenvalue weighted by atomic mass is 35.7. The van der Waals surface area contributed by atoms with Gasteiger partial charge in [0.1, 0.15) is 12.4 Å². The third-order valence-corrected chi connectivity index (χ3v) is 3.85. The largest absolute Gasteiger partial charge is 0.489 e. The topological polar surface area (TPSA) is 122 Å². The van der Waals surface area contributed by atoms with Gasteiger partial charge < -0.3 is 9.84 Å². The van der Waals surface area contributed by atoms with Crippen LogP contribution in [0, 0.1) is 17.2 Å². The Balaban J connectivity index is 0.000000500. The summed E-state index contributed by atoms with van der Waals surface area (Å²) in [5.74, 6) is 0.810. The van der Waals surface area contributed by atoms with E-state index in [9.17, 15) is 0 Å². The van der Waals surface area contributed by atoms with Crippen molar-refractivity contribution in [1.82, 2.24) is 0 Å². The maximum absolute atomic E-state index is 9.03. The number of aryl methyl sites for hydroxylation is 1. The molecular formula is C21H20ClO6-. The molecular weight excluding hydrogens is 384 g/mol. The predicted molar refractivity (Wildman–Crippen MR) is 93.3 cm³/mol. The standard InChI is InChI=1S/C21H20O2.ClHO4/c1-16-2-8-19(9-3-16)20-10-4-18(5-11-20)15-23-21-12-6-17(14-22)7-13-21;2-1(3,4)5/h2-13,22H,14-15H2,1H3;(H,2,3,4,5)/p-1. The number of benzene rings is 3. The van der Waals surface area contributed by atoms with Crippen molar-refractivity contribution in [3.05, 3.63) is 89.5 Å². The number of hydrogen-bond donors (Lipinski definition) is 1. The van der Waals surface area contributed by atoms with Crippen molar-refractivity contribution < 1.29 is 38.7 Å². The maximum atomic E-state index is 9.03. The van der Waals surface area contributed by atoms with Crippen LogP contribution in [-0.2, 0) is 13.2 Å². The molecule has 0 spiro atoms. The van der Waals surface area contributed by atoms with Gasteiger partial charge >= 0.3 is 0 Å². The summed E-state index contributed by atoms with van der Waals surface area (Å²) in [6.45, 7) is 2.69. The Bertz CT molecular complexity index is 834. The number of aliphatic hydroxyl groups excluding tert-OH is 1. The molecule has 0 atom stereocenters. The average molecular weight is 404 g/mol. The van der Waals surface area contributed by atoms with Crippen LogP contribution >= 0.6 is 0 Å². The molecule has 28 heavy (non-hydrogen) atoms. The van der Waals surface area contributed by atoms with Gasteiger partial charge in [0.2, 0.25) is 0 Å². The molecule has 0 aliphatic heterocycles. The lowest BCUT2D eigenvalue weighted by atomic mass is 10.0. The van der Waals surface area contributed by atoms with Gasteiger partial charge in [0.05, 0.1) is 6.61 Å². The van der Waals surface area contributed by atoms with Crippen LogP contribution in [0.25, 0.3) is 11.1 Å². The van der Waals surface area contributed by atoms with Gasteiger partial charge in [-0.1, -0.05) is 66.2 Å². The van der Waals surface area contributed by atoms with E-state index in [1.807, 2.05) is 24.3 Å². The first-order valence-electron chi connectivity index (χ1n) is 8.35. The molecule has 7 heteroatoms. The van der Waals surface area contributed by atoms with Crippen LogP contribution in [0.4, 0.5) is 0 Å². The van der Waals surface area contributed by atoms with Gasteiger partial charge in [0.15, 0.2) is 0 Å². The van der Waals surface area contributed by atoms with Crippen LogP contribution in [0.5, 0.6) is 5.75 Å². The van der Waals surface area contributed by atoms with Crippen molar-refractivity contribution in [2.45, 2.75) is 20.1 Å². The second kappa shape index (κ2) is 10.2. The SMILES string of the molecule is Cc1ccc(-c2ccc(COc3ccc(CO)cc3)cc2)cc1.[O-][Cl+3]([O-])([O-])[O-]. The highest BCUT2D eigenvalue weighted by Gasteiger charge is 2.00. The normalized spacial score (nSPS) is 10.8. The number of ether oxygens (including phenoxy) is 1. The molecule has 0 radical (unpaired) electrons. The molecule has 0 aliphatic rings. The minimum Gasteiger partial charge on any atom is -0.489 e. The van der Waals surface area contributed by atoms with Crippen molar-refractivity contribution >= 4 is 0 Å². The van der Waals surface area contributed by atoms with Crippen molar-refractivity contribution in [2.24, 2.45) is 0 Å². The van der Waals surface area contributed by atoms with E-state index in [4.69, 9.17) is 28.5 Å². The second-order valence-corrected chi connectivity index (χ2v) is 6.79. The minimum absolute atomic E-state index is 0.0563. The first kappa shape index (κ1) is 21.8. The zero-order valence-electron chi connectivity index (χ0n) is 15.2. The van der Waals surface area contributed by atoms with Gasteiger partial charge in [0, 0.05) is 0 Å². The number of rotatable bonds is 5. The fourth-order valence-electron chi connectivity index (χ4n) is 2.40. The van der Waals surface area contributed by atoms with Gasteiger partial charge in [-0.25, -0.2) is 18.6 Å². The lowest BCUT2D eigenvalue weighted by Gasteiger charge is -2.17. The van der Waals surface area contributed by atoms with Crippen LogP contribution < -0.4 is 23.4 Å². The molecule has 0 aromatic heterocycles. The summed E-state index contributed by atoms with van der Waals surface area (Å²) in [5.41, 5.74) is 5.72. The molecule has 3 aromatic rings. The molecule has 0 saturated carbocycles. The summed E-state index contributed by atoms with van der Waals surface area (Å²) < 4.78 is 39.7. The van der Waals surface area contributed by atoms with Gasteiger partial charge in [-0.15, -0.1) is 10.2 Å². The van der Waals surface area contributed by atoms with E-state index < -0.39 is 10.2 Å². The molecule has 0 fully saturated rings. The summed E-state index contributed by atoms with van der Waals surface area (Å²) in [5, 5.41) is 9.03. The zero-order valence-corrected chi connectivity index (χ0v) is 16.0. The highest BCUT2D eigenvalue weighted by molar-refractivity contribution is 5.63. The molecule has 1 N–H and O–H groups in total. The van der Waals surface area contributed by atoms with Crippen molar-refractivity contribution in [3.8, 4) is 16.9 Å². The van der Waals surface area contributed by atoms with E-state index in [-0.39, 0.29) is 6.61 Å². The van der Waals surface area contributed by atoms with Crippen LogP contribution in [0.15, 0.2) is 72.8 Å². The summed E-state index contributed by atoms with van der Waals surface area (Å²) in [6, 6.07) is 24.5.